The minimum absolute atomic E-state index is 0.247. The normalized spacial score (nSPS) is 13.8. The van der Waals surface area contributed by atoms with Crippen LogP contribution in [0.5, 0.6) is 0 Å². The van der Waals surface area contributed by atoms with Crippen LogP contribution in [0.3, 0.4) is 0 Å². The molecule has 0 bridgehead atoms. The highest BCUT2D eigenvalue weighted by Gasteiger charge is 2.36. The van der Waals surface area contributed by atoms with E-state index >= 15 is 0 Å². The van der Waals surface area contributed by atoms with Gasteiger partial charge in [-0.25, -0.2) is 4.79 Å². The van der Waals surface area contributed by atoms with E-state index in [4.69, 9.17) is 5.11 Å². The van der Waals surface area contributed by atoms with E-state index in [0.29, 0.717) is 0 Å². The Hall–Kier alpha value is -1.24. The van der Waals surface area contributed by atoms with Crippen molar-refractivity contribution in [3.63, 3.8) is 0 Å². The molecule has 2 atom stereocenters. The van der Waals surface area contributed by atoms with Crippen LogP contribution in [0.2, 0.25) is 0 Å². The van der Waals surface area contributed by atoms with Gasteiger partial charge in [0.15, 0.2) is 0 Å². The van der Waals surface area contributed by atoms with Crippen molar-refractivity contribution in [1.82, 2.24) is 4.90 Å². The maximum Gasteiger partial charge on any atom is 0.328 e. The smallest absolute Gasteiger partial charge is 0.328 e. The third kappa shape index (κ3) is 5.10. The zero-order chi connectivity index (χ0) is 15.2. The first-order valence-electron chi connectivity index (χ1n) is 5.97. The Morgan fingerprint density at radius 2 is 1.79 bits per heavy atom. The molecule has 1 unspecified atom stereocenters. The molecule has 0 aromatic rings. The third-order valence-electron chi connectivity index (χ3n) is 2.69. The molecule has 0 aromatic carbocycles. The van der Waals surface area contributed by atoms with E-state index in [0.717, 1.165) is 4.90 Å². The average molecular weight is 291 g/mol. The second-order valence-corrected chi connectivity index (χ2v) is 5.02. The summed E-state index contributed by atoms with van der Waals surface area (Å²) in [5, 5.41) is 8.91. The van der Waals surface area contributed by atoms with E-state index in [-0.39, 0.29) is 11.7 Å². The number of esters is 1. The Balaban J connectivity index is 5.35. The van der Waals surface area contributed by atoms with Crippen molar-refractivity contribution in [2.75, 3.05) is 19.4 Å². The molecule has 0 saturated heterocycles. The average Bonchev–Trinajstić information content (AvgIpc) is 2.34. The molecule has 0 rings (SSSR count). The second kappa shape index (κ2) is 8.04. The molecule has 0 aromatic heterocycles. The van der Waals surface area contributed by atoms with Gasteiger partial charge in [-0.15, -0.1) is 0 Å². The zero-order valence-corrected chi connectivity index (χ0v) is 12.5. The van der Waals surface area contributed by atoms with Gasteiger partial charge in [-0.2, -0.15) is 12.6 Å². The highest BCUT2D eigenvalue weighted by molar-refractivity contribution is 7.80. The van der Waals surface area contributed by atoms with Gasteiger partial charge in [0.25, 0.3) is 0 Å². The summed E-state index contributed by atoms with van der Waals surface area (Å²) in [6, 6.07) is -0.907. The fraction of sp³-hybridized carbons (Fsp3) is 0.750. The predicted molar refractivity (Wildman–Crippen MR) is 73.0 cm³/mol. The van der Waals surface area contributed by atoms with Crippen molar-refractivity contribution < 1.29 is 24.2 Å². The lowest BCUT2D eigenvalue weighted by molar-refractivity contribution is -0.159. The SMILES string of the molecule is COC(=O)[C@@H](C(C)C)N(CC(=O)O)C(=O)C(C)CS. The number of aliphatic carboxylic acids is 1. The first-order valence-corrected chi connectivity index (χ1v) is 6.60. The van der Waals surface area contributed by atoms with Crippen molar-refractivity contribution in [3.8, 4) is 0 Å². The van der Waals surface area contributed by atoms with Crippen LogP contribution in [0.25, 0.3) is 0 Å². The zero-order valence-electron chi connectivity index (χ0n) is 11.6. The molecule has 0 fully saturated rings. The summed E-state index contributed by atoms with van der Waals surface area (Å²) in [7, 11) is 1.21. The number of methoxy groups -OCH3 is 1. The van der Waals surface area contributed by atoms with Gasteiger partial charge in [-0.05, 0) is 5.92 Å². The predicted octanol–water partition coefficient (Wildman–Crippen LogP) is 0.663. The van der Waals surface area contributed by atoms with Gasteiger partial charge >= 0.3 is 11.9 Å². The molecule has 19 heavy (non-hydrogen) atoms. The molecule has 0 saturated carbocycles. The molecule has 0 radical (unpaired) electrons. The Labute approximate surface area is 118 Å². The van der Waals surface area contributed by atoms with Crippen LogP contribution in [-0.2, 0) is 19.1 Å². The monoisotopic (exact) mass is 291 g/mol. The minimum atomic E-state index is -1.17. The molecule has 0 aliphatic carbocycles. The van der Waals surface area contributed by atoms with Crippen molar-refractivity contribution in [2.24, 2.45) is 11.8 Å². The van der Waals surface area contributed by atoms with Crippen LogP contribution in [0, 0.1) is 11.8 Å². The van der Waals surface area contributed by atoms with Crippen LogP contribution in [-0.4, -0.2) is 53.3 Å². The van der Waals surface area contributed by atoms with Crippen molar-refractivity contribution in [2.45, 2.75) is 26.8 Å². The summed E-state index contributed by atoms with van der Waals surface area (Å²) >= 11 is 4.02. The fourth-order valence-corrected chi connectivity index (χ4v) is 1.86. The third-order valence-corrected chi connectivity index (χ3v) is 3.24. The largest absolute Gasteiger partial charge is 0.480 e. The van der Waals surface area contributed by atoms with Gasteiger partial charge in [0.1, 0.15) is 12.6 Å². The van der Waals surface area contributed by atoms with Crippen LogP contribution in [0.1, 0.15) is 20.8 Å². The van der Waals surface area contributed by atoms with Gasteiger partial charge in [0.2, 0.25) is 5.91 Å². The van der Waals surface area contributed by atoms with Gasteiger partial charge in [-0.3, -0.25) is 9.59 Å². The lowest BCUT2D eigenvalue weighted by Gasteiger charge is -2.32. The summed E-state index contributed by atoms with van der Waals surface area (Å²) in [4.78, 5) is 35.9. The van der Waals surface area contributed by atoms with Crippen LogP contribution >= 0.6 is 12.6 Å². The summed E-state index contributed by atoms with van der Waals surface area (Å²) in [5.41, 5.74) is 0. The maximum absolute atomic E-state index is 12.2. The maximum atomic E-state index is 12.2. The molecular weight excluding hydrogens is 270 g/mol. The Kier molecular flexibility index (Phi) is 7.51. The lowest BCUT2D eigenvalue weighted by atomic mass is 10.0. The number of carboxylic acid groups (broad SMARTS) is 1. The molecule has 1 amide bonds. The summed E-state index contributed by atoms with van der Waals surface area (Å²) in [6.07, 6.45) is 0. The molecule has 0 aliphatic rings. The molecule has 0 spiro atoms. The van der Waals surface area contributed by atoms with E-state index in [9.17, 15) is 14.4 Å². The number of carbonyl (C=O) groups excluding carboxylic acids is 2. The summed E-state index contributed by atoms with van der Waals surface area (Å²) in [6.45, 7) is 4.57. The summed E-state index contributed by atoms with van der Waals surface area (Å²) in [5.74, 6) is -2.64. The number of carboxylic acids is 1. The number of hydrogen-bond acceptors (Lipinski definition) is 5. The first-order chi connectivity index (χ1) is 8.76. The van der Waals surface area contributed by atoms with Crippen LogP contribution in [0.4, 0.5) is 0 Å². The number of amides is 1. The van der Waals surface area contributed by atoms with Gasteiger partial charge in [-0.1, -0.05) is 20.8 Å². The Morgan fingerprint density at radius 1 is 1.26 bits per heavy atom. The van der Waals surface area contributed by atoms with Gasteiger partial charge < -0.3 is 14.7 Å². The standard InChI is InChI=1S/C12H21NO5S/c1-7(2)10(12(17)18-4)13(5-9(14)15)11(16)8(3)6-19/h7-8,10,19H,5-6H2,1-4H3,(H,14,15)/t8?,10-/m1/s1. The van der Waals surface area contributed by atoms with E-state index in [1.807, 2.05) is 0 Å². The topological polar surface area (TPSA) is 83.9 Å². The Morgan fingerprint density at radius 3 is 2.11 bits per heavy atom. The molecule has 6 nitrogen and oxygen atoms in total. The van der Waals surface area contributed by atoms with E-state index in [1.54, 1.807) is 20.8 Å². The molecule has 1 N–H and O–H groups in total. The van der Waals surface area contributed by atoms with Crippen molar-refractivity contribution in [3.05, 3.63) is 0 Å². The lowest BCUT2D eigenvalue weighted by Crippen LogP contribution is -2.52. The number of ether oxygens (including phenoxy) is 1. The molecule has 110 valence electrons. The van der Waals surface area contributed by atoms with Crippen molar-refractivity contribution >= 4 is 30.5 Å². The number of rotatable bonds is 7. The highest BCUT2D eigenvalue weighted by Crippen LogP contribution is 2.16. The van der Waals surface area contributed by atoms with Gasteiger partial charge in [0.05, 0.1) is 7.11 Å². The summed E-state index contributed by atoms with van der Waals surface area (Å²) < 4.78 is 4.65. The van der Waals surface area contributed by atoms with Crippen LogP contribution in [0.15, 0.2) is 0 Å². The molecule has 7 heteroatoms. The Bertz CT molecular complexity index is 345. The second-order valence-electron chi connectivity index (χ2n) is 4.66. The molecule has 0 heterocycles. The van der Waals surface area contributed by atoms with Crippen LogP contribution < -0.4 is 0 Å². The molecular formula is C12H21NO5S. The van der Waals surface area contributed by atoms with E-state index in [2.05, 4.69) is 17.4 Å². The highest BCUT2D eigenvalue weighted by atomic mass is 32.1. The first kappa shape index (κ1) is 17.8. The number of nitrogens with zero attached hydrogens (tertiary/aromatic N) is 1. The number of carbonyl (C=O) groups is 3. The quantitative estimate of drug-likeness (QED) is 0.532. The number of thiol groups is 1. The van der Waals surface area contributed by atoms with Crippen molar-refractivity contribution in [1.29, 1.82) is 0 Å². The molecule has 0 aliphatic heterocycles. The fourth-order valence-electron chi connectivity index (χ4n) is 1.70. The number of hydrogen-bond donors (Lipinski definition) is 2. The van der Waals surface area contributed by atoms with Gasteiger partial charge in [0, 0.05) is 11.7 Å². The van der Waals surface area contributed by atoms with E-state index in [1.165, 1.54) is 7.11 Å². The van der Waals surface area contributed by atoms with E-state index < -0.39 is 36.4 Å². The minimum Gasteiger partial charge on any atom is -0.480 e.